The van der Waals surface area contributed by atoms with Gasteiger partial charge < -0.3 is 5.11 Å². The molecule has 0 fully saturated rings. The van der Waals surface area contributed by atoms with Crippen molar-refractivity contribution in [2.45, 2.75) is 46.6 Å². The molecular formula is C15H24O. The van der Waals surface area contributed by atoms with Gasteiger partial charge in [0.15, 0.2) is 0 Å². The summed E-state index contributed by atoms with van der Waals surface area (Å²) in [6.45, 7) is 9.13. The largest absolute Gasteiger partial charge is 0.389 e. The number of allylic oxidation sites excluding steroid dienone is 3. The molecule has 0 aliphatic heterocycles. The van der Waals surface area contributed by atoms with E-state index in [2.05, 4.69) is 39.8 Å². The van der Waals surface area contributed by atoms with E-state index in [1.807, 2.05) is 6.08 Å². The van der Waals surface area contributed by atoms with Gasteiger partial charge in [0.1, 0.15) is 0 Å². The highest BCUT2D eigenvalue weighted by atomic mass is 16.3. The van der Waals surface area contributed by atoms with Crippen molar-refractivity contribution < 1.29 is 5.11 Å². The van der Waals surface area contributed by atoms with Gasteiger partial charge in [0, 0.05) is 0 Å². The maximum atomic E-state index is 9.72. The molecule has 4 atom stereocenters. The molecule has 0 aromatic rings. The molecule has 0 heterocycles. The first-order valence-electron chi connectivity index (χ1n) is 6.46. The minimum Gasteiger partial charge on any atom is -0.389 e. The lowest BCUT2D eigenvalue weighted by molar-refractivity contribution is 0.112. The second-order valence-corrected chi connectivity index (χ2v) is 6.20. The molecule has 2 rings (SSSR count). The number of rotatable bonds is 1. The molecule has 0 radical (unpaired) electrons. The molecule has 2 aliphatic rings. The summed E-state index contributed by atoms with van der Waals surface area (Å²) in [5.41, 5.74) is 1.86. The van der Waals surface area contributed by atoms with Crippen LogP contribution in [-0.2, 0) is 0 Å². The van der Waals surface area contributed by atoms with E-state index in [9.17, 15) is 5.11 Å². The summed E-state index contributed by atoms with van der Waals surface area (Å²) in [5.74, 6) is 1.77. The van der Waals surface area contributed by atoms with Crippen molar-refractivity contribution in [2.75, 3.05) is 0 Å². The second-order valence-electron chi connectivity index (χ2n) is 6.20. The predicted molar refractivity (Wildman–Crippen MR) is 68.1 cm³/mol. The molecule has 1 unspecified atom stereocenters. The Morgan fingerprint density at radius 1 is 1.31 bits per heavy atom. The molecule has 16 heavy (non-hydrogen) atoms. The second kappa shape index (κ2) is 4.03. The third kappa shape index (κ3) is 1.86. The first-order chi connectivity index (χ1) is 7.43. The molecule has 1 nitrogen and oxygen atoms in total. The van der Waals surface area contributed by atoms with Crippen molar-refractivity contribution >= 4 is 0 Å². The molecule has 0 aromatic heterocycles. The van der Waals surface area contributed by atoms with E-state index in [1.165, 1.54) is 12.0 Å². The molecule has 0 saturated heterocycles. The van der Waals surface area contributed by atoms with Crippen LogP contribution < -0.4 is 0 Å². The third-order valence-electron chi connectivity index (χ3n) is 4.92. The fourth-order valence-corrected chi connectivity index (χ4v) is 3.26. The Morgan fingerprint density at radius 2 is 2.00 bits per heavy atom. The molecule has 1 N–H and O–H groups in total. The van der Waals surface area contributed by atoms with E-state index in [0.29, 0.717) is 17.3 Å². The van der Waals surface area contributed by atoms with Crippen molar-refractivity contribution in [1.82, 2.24) is 0 Å². The minimum atomic E-state index is -0.227. The number of aliphatic hydroxyl groups is 1. The van der Waals surface area contributed by atoms with Gasteiger partial charge in [-0.3, -0.25) is 0 Å². The van der Waals surface area contributed by atoms with Crippen LogP contribution in [-0.4, -0.2) is 11.2 Å². The fourth-order valence-electron chi connectivity index (χ4n) is 3.26. The zero-order valence-corrected chi connectivity index (χ0v) is 10.9. The number of hydrogen-bond acceptors (Lipinski definition) is 1. The van der Waals surface area contributed by atoms with Crippen LogP contribution >= 0.6 is 0 Å². The molecule has 0 bridgehead atoms. The maximum Gasteiger partial charge on any atom is 0.0746 e. The Labute approximate surface area is 99.3 Å². The fraction of sp³-hybridized carbons (Fsp3) is 0.733. The van der Waals surface area contributed by atoms with Gasteiger partial charge in [-0.1, -0.05) is 44.6 Å². The molecule has 0 amide bonds. The average Bonchev–Trinajstić information content (AvgIpc) is 2.47. The third-order valence-corrected chi connectivity index (χ3v) is 4.92. The highest BCUT2D eigenvalue weighted by molar-refractivity contribution is 5.21. The minimum absolute atomic E-state index is 0.227. The zero-order valence-electron chi connectivity index (χ0n) is 10.9. The van der Waals surface area contributed by atoms with Gasteiger partial charge in [0.05, 0.1) is 6.10 Å². The van der Waals surface area contributed by atoms with E-state index in [0.717, 1.165) is 12.3 Å². The highest BCUT2D eigenvalue weighted by Gasteiger charge is 2.40. The lowest BCUT2D eigenvalue weighted by Crippen LogP contribution is -2.32. The Morgan fingerprint density at radius 3 is 2.50 bits per heavy atom. The smallest absolute Gasteiger partial charge is 0.0746 e. The van der Waals surface area contributed by atoms with Crippen LogP contribution in [0.25, 0.3) is 0 Å². The molecule has 1 heteroatoms. The van der Waals surface area contributed by atoms with Gasteiger partial charge in [-0.05, 0) is 42.9 Å². The van der Waals surface area contributed by atoms with Gasteiger partial charge in [0.2, 0.25) is 0 Å². The zero-order chi connectivity index (χ0) is 11.9. The topological polar surface area (TPSA) is 20.2 Å². The standard InChI is InChI=1S/C15H24O/c1-10-9-12(6-8-14(10)16)13-7-5-11(2)15(13,3)4/h5-6,8,10,12-14,16H,7,9H2,1-4H3/t10-,12-,13?,14+/m0/s1. The summed E-state index contributed by atoms with van der Waals surface area (Å²) in [6, 6.07) is 0. The van der Waals surface area contributed by atoms with Crippen LogP contribution in [0.15, 0.2) is 23.8 Å². The summed E-state index contributed by atoms with van der Waals surface area (Å²) < 4.78 is 0. The quantitative estimate of drug-likeness (QED) is 0.670. The van der Waals surface area contributed by atoms with E-state index in [4.69, 9.17) is 0 Å². The van der Waals surface area contributed by atoms with Crippen molar-refractivity contribution in [3.8, 4) is 0 Å². The number of hydrogen-bond donors (Lipinski definition) is 1. The van der Waals surface area contributed by atoms with Crippen LogP contribution in [0.2, 0.25) is 0 Å². The van der Waals surface area contributed by atoms with Crippen molar-refractivity contribution in [3.63, 3.8) is 0 Å². The van der Waals surface area contributed by atoms with Gasteiger partial charge in [-0.25, -0.2) is 0 Å². The van der Waals surface area contributed by atoms with Gasteiger partial charge in [-0.15, -0.1) is 0 Å². The SMILES string of the molecule is CC1=CCC([C@H]2C=C[C@@H](O)[C@@H](C)C2)C1(C)C. The Balaban J connectivity index is 2.14. The summed E-state index contributed by atoms with van der Waals surface area (Å²) in [6.07, 6.45) is 8.76. The van der Waals surface area contributed by atoms with E-state index in [-0.39, 0.29) is 6.10 Å². The van der Waals surface area contributed by atoms with Gasteiger partial charge in [0.25, 0.3) is 0 Å². The van der Waals surface area contributed by atoms with Crippen molar-refractivity contribution in [2.24, 2.45) is 23.2 Å². The molecule has 90 valence electrons. The van der Waals surface area contributed by atoms with Gasteiger partial charge in [-0.2, -0.15) is 0 Å². The molecular weight excluding hydrogens is 196 g/mol. The van der Waals surface area contributed by atoms with E-state index in [1.54, 1.807) is 0 Å². The maximum absolute atomic E-state index is 9.72. The van der Waals surface area contributed by atoms with Crippen LogP contribution in [0.1, 0.15) is 40.5 Å². The summed E-state index contributed by atoms with van der Waals surface area (Å²) in [5, 5.41) is 9.72. The van der Waals surface area contributed by atoms with Crippen LogP contribution in [0.3, 0.4) is 0 Å². The molecule has 0 spiro atoms. The summed E-state index contributed by atoms with van der Waals surface area (Å²) >= 11 is 0. The normalized spacial score (nSPS) is 42.2. The summed E-state index contributed by atoms with van der Waals surface area (Å²) in [7, 11) is 0. The van der Waals surface area contributed by atoms with Crippen molar-refractivity contribution in [1.29, 1.82) is 0 Å². The molecule has 2 aliphatic carbocycles. The Hall–Kier alpha value is -0.560. The lowest BCUT2D eigenvalue weighted by Gasteiger charge is -2.38. The van der Waals surface area contributed by atoms with Crippen LogP contribution in [0.5, 0.6) is 0 Å². The van der Waals surface area contributed by atoms with Gasteiger partial charge >= 0.3 is 0 Å². The Kier molecular flexibility index (Phi) is 3.00. The van der Waals surface area contributed by atoms with E-state index >= 15 is 0 Å². The molecule has 0 aromatic carbocycles. The monoisotopic (exact) mass is 220 g/mol. The highest BCUT2D eigenvalue weighted by Crippen LogP contribution is 2.49. The van der Waals surface area contributed by atoms with Crippen molar-refractivity contribution in [3.05, 3.63) is 23.8 Å². The number of aliphatic hydroxyl groups excluding tert-OH is 1. The van der Waals surface area contributed by atoms with E-state index < -0.39 is 0 Å². The van der Waals surface area contributed by atoms with Crippen LogP contribution in [0.4, 0.5) is 0 Å². The predicted octanol–water partition coefficient (Wildman–Crippen LogP) is 3.55. The first kappa shape index (κ1) is 11.9. The molecule has 0 saturated carbocycles. The average molecular weight is 220 g/mol. The Bertz CT molecular complexity index is 324. The summed E-state index contributed by atoms with van der Waals surface area (Å²) in [4.78, 5) is 0. The van der Waals surface area contributed by atoms with Crippen LogP contribution in [0, 0.1) is 23.2 Å². The first-order valence-corrected chi connectivity index (χ1v) is 6.46. The lowest BCUT2D eigenvalue weighted by atomic mass is 9.67.